The maximum absolute atomic E-state index is 12.5. The molecule has 0 bridgehead atoms. The molecule has 1 heterocycles. The first kappa shape index (κ1) is 23.4. The van der Waals surface area contributed by atoms with Gasteiger partial charge in [-0.15, -0.1) is 0 Å². The van der Waals surface area contributed by atoms with Gasteiger partial charge in [-0.3, -0.25) is 4.79 Å². The Labute approximate surface area is 211 Å². The van der Waals surface area contributed by atoms with Gasteiger partial charge in [-0.05, 0) is 101 Å². The standard InChI is InChI=1S/C26H23IN2O3S/c1-16-9-17(2)11-20(10-16)28-26-29-25(30)23(33-26)14-19-12-21(27)24(22(13-19)31-3)32-15-18-7-5-4-6-8-18/h4-14H,15H2,1-3H3,(H,28,29,30). The highest BCUT2D eigenvalue weighted by Crippen LogP contribution is 2.36. The zero-order valence-corrected chi connectivity index (χ0v) is 21.5. The fraction of sp³-hybridized carbons (Fsp3) is 0.154. The van der Waals surface area contributed by atoms with E-state index < -0.39 is 0 Å². The van der Waals surface area contributed by atoms with Crippen molar-refractivity contribution in [1.29, 1.82) is 0 Å². The van der Waals surface area contributed by atoms with Gasteiger partial charge in [-0.25, -0.2) is 4.99 Å². The van der Waals surface area contributed by atoms with E-state index in [2.05, 4.69) is 39.0 Å². The Morgan fingerprint density at radius 3 is 2.48 bits per heavy atom. The normalized spacial score (nSPS) is 15.7. The second kappa shape index (κ2) is 10.4. The number of rotatable bonds is 6. The van der Waals surface area contributed by atoms with Crippen molar-refractivity contribution in [3.63, 3.8) is 0 Å². The molecule has 1 aliphatic rings. The fourth-order valence-electron chi connectivity index (χ4n) is 3.46. The number of aliphatic imine (C=N–C) groups is 1. The molecule has 1 N–H and O–H groups in total. The highest BCUT2D eigenvalue weighted by atomic mass is 127. The molecule has 0 radical (unpaired) electrons. The summed E-state index contributed by atoms with van der Waals surface area (Å²) < 4.78 is 12.5. The number of amidine groups is 1. The van der Waals surface area contributed by atoms with E-state index in [1.165, 1.54) is 11.8 Å². The summed E-state index contributed by atoms with van der Waals surface area (Å²) in [5.41, 5.74) is 5.03. The molecule has 1 fully saturated rings. The number of halogens is 1. The van der Waals surface area contributed by atoms with Crippen LogP contribution in [-0.2, 0) is 11.4 Å². The van der Waals surface area contributed by atoms with E-state index in [9.17, 15) is 4.79 Å². The highest BCUT2D eigenvalue weighted by molar-refractivity contribution is 14.1. The zero-order valence-electron chi connectivity index (χ0n) is 18.5. The van der Waals surface area contributed by atoms with Crippen LogP contribution in [0.5, 0.6) is 11.5 Å². The van der Waals surface area contributed by atoms with Crippen molar-refractivity contribution >= 4 is 57.2 Å². The maximum Gasteiger partial charge on any atom is 0.264 e. The molecule has 1 saturated heterocycles. The van der Waals surface area contributed by atoms with Gasteiger partial charge in [0.25, 0.3) is 5.91 Å². The van der Waals surface area contributed by atoms with Crippen molar-refractivity contribution in [1.82, 2.24) is 5.32 Å². The molecule has 3 aromatic rings. The van der Waals surface area contributed by atoms with E-state index in [0.29, 0.717) is 28.2 Å². The number of nitrogens with zero attached hydrogens (tertiary/aromatic N) is 1. The molecule has 0 saturated carbocycles. The third kappa shape index (κ3) is 5.97. The molecular formula is C26H23IN2O3S. The summed E-state index contributed by atoms with van der Waals surface area (Å²) in [6.07, 6.45) is 1.84. The molecule has 5 nitrogen and oxygen atoms in total. The average molecular weight is 570 g/mol. The Morgan fingerprint density at radius 2 is 1.79 bits per heavy atom. The van der Waals surface area contributed by atoms with Gasteiger partial charge < -0.3 is 14.8 Å². The van der Waals surface area contributed by atoms with Gasteiger partial charge in [-0.1, -0.05) is 36.4 Å². The summed E-state index contributed by atoms with van der Waals surface area (Å²) in [5, 5.41) is 3.42. The predicted octanol–water partition coefficient (Wildman–Crippen LogP) is 6.39. The first-order chi connectivity index (χ1) is 15.9. The van der Waals surface area contributed by atoms with Crippen molar-refractivity contribution in [3.8, 4) is 11.5 Å². The smallest absolute Gasteiger partial charge is 0.264 e. The van der Waals surface area contributed by atoms with Crippen LogP contribution in [0.15, 0.2) is 70.6 Å². The first-order valence-corrected chi connectivity index (χ1v) is 12.2. The monoisotopic (exact) mass is 570 g/mol. The summed E-state index contributed by atoms with van der Waals surface area (Å²) in [6, 6.07) is 19.9. The zero-order chi connectivity index (χ0) is 23.4. The molecule has 0 atom stereocenters. The lowest BCUT2D eigenvalue weighted by Gasteiger charge is -2.14. The van der Waals surface area contributed by atoms with Crippen LogP contribution in [0.1, 0.15) is 22.3 Å². The van der Waals surface area contributed by atoms with Gasteiger partial charge in [0.05, 0.1) is 21.3 Å². The number of nitrogens with one attached hydrogen (secondary N) is 1. The molecule has 7 heteroatoms. The largest absolute Gasteiger partial charge is 0.493 e. The van der Waals surface area contributed by atoms with Crippen LogP contribution in [0.3, 0.4) is 0 Å². The number of hydrogen-bond acceptors (Lipinski definition) is 5. The number of carbonyl (C=O) groups is 1. The third-order valence-electron chi connectivity index (χ3n) is 4.86. The number of carbonyl (C=O) groups excluding carboxylic acids is 1. The Balaban J connectivity index is 1.55. The van der Waals surface area contributed by atoms with Crippen molar-refractivity contribution in [2.45, 2.75) is 20.5 Å². The van der Waals surface area contributed by atoms with Crippen LogP contribution in [0, 0.1) is 17.4 Å². The second-order valence-electron chi connectivity index (χ2n) is 7.64. The quantitative estimate of drug-likeness (QED) is 0.276. The molecule has 1 amide bonds. The number of hydrogen-bond donors (Lipinski definition) is 1. The van der Waals surface area contributed by atoms with E-state index in [4.69, 9.17) is 9.47 Å². The Hall–Kier alpha value is -2.78. The van der Waals surface area contributed by atoms with E-state index in [1.54, 1.807) is 7.11 Å². The first-order valence-electron chi connectivity index (χ1n) is 10.3. The molecule has 0 aromatic heterocycles. The number of thioether (sulfide) groups is 1. The van der Waals surface area contributed by atoms with Crippen molar-refractivity contribution in [2.75, 3.05) is 7.11 Å². The van der Waals surface area contributed by atoms with Crippen LogP contribution in [0.25, 0.3) is 6.08 Å². The molecule has 168 valence electrons. The van der Waals surface area contributed by atoms with E-state index in [1.807, 2.05) is 74.5 Å². The fourth-order valence-corrected chi connectivity index (χ4v) is 5.08. The lowest BCUT2D eigenvalue weighted by Crippen LogP contribution is -2.19. The molecule has 33 heavy (non-hydrogen) atoms. The van der Waals surface area contributed by atoms with Gasteiger partial charge in [0.1, 0.15) is 6.61 Å². The Kier molecular flexibility index (Phi) is 7.39. The van der Waals surface area contributed by atoms with Crippen LogP contribution in [-0.4, -0.2) is 18.2 Å². The van der Waals surface area contributed by atoms with Crippen molar-refractivity contribution in [2.24, 2.45) is 4.99 Å². The van der Waals surface area contributed by atoms with E-state index in [0.717, 1.165) is 31.5 Å². The van der Waals surface area contributed by atoms with Crippen LogP contribution in [0.4, 0.5) is 5.69 Å². The summed E-state index contributed by atoms with van der Waals surface area (Å²) in [4.78, 5) is 17.7. The molecular weight excluding hydrogens is 547 g/mol. The van der Waals surface area contributed by atoms with Crippen LogP contribution < -0.4 is 14.8 Å². The van der Waals surface area contributed by atoms with Gasteiger partial charge in [0.15, 0.2) is 16.7 Å². The number of ether oxygens (including phenoxy) is 2. The number of methoxy groups -OCH3 is 1. The minimum absolute atomic E-state index is 0.165. The SMILES string of the molecule is COc1cc(C=C2SC(=Nc3cc(C)cc(C)c3)NC2=O)cc(I)c1OCc1ccccc1. The summed E-state index contributed by atoms with van der Waals surface area (Å²) in [7, 11) is 1.61. The third-order valence-corrected chi connectivity index (χ3v) is 6.57. The van der Waals surface area contributed by atoms with Crippen molar-refractivity contribution < 1.29 is 14.3 Å². The number of aryl methyl sites for hydroxylation is 2. The Morgan fingerprint density at radius 1 is 1.06 bits per heavy atom. The van der Waals surface area contributed by atoms with E-state index >= 15 is 0 Å². The maximum atomic E-state index is 12.5. The molecule has 0 unspecified atom stereocenters. The van der Waals surface area contributed by atoms with Gasteiger partial charge in [0.2, 0.25) is 0 Å². The number of benzene rings is 3. The lowest BCUT2D eigenvalue weighted by atomic mass is 10.1. The number of amides is 1. The molecule has 3 aromatic carbocycles. The summed E-state index contributed by atoms with van der Waals surface area (Å²) in [6.45, 7) is 4.51. The lowest BCUT2D eigenvalue weighted by molar-refractivity contribution is -0.115. The summed E-state index contributed by atoms with van der Waals surface area (Å²) in [5.74, 6) is 1.14. The van der Waals surface area contributed by atoms with Gasteiger partial charge in [0, 0.05) is 0 Å². The average Bonchev–Trinajstić information content (AvgIpc) is 3.11. The molecule has 1 aliphatic heterocycles. The second-order valence-corrected chi connectivity index (χ2v) is 9.83. The summed E-state index contributed by atoms with van der Waals surface area (Å²) >= 11 is 3.56. The van der Waals surface area contributed by atoms with E-state index in [-0.39, 0.29) is 5.91 Å². The minimum Gasteiger partial charge on any atom is -0.493 e. The topological polar surface area (TPSA) is 59.9 Å². The molecule has 0 spiro atoms. The minimum atomic E-state index is -0.165. The van der Waals surface area contributed by atoms with Gasteiger partial charge in [-0.2, -0.15) is 0 Å². The highest BCUT2D eigenvalue weighted by Gasteiger charge is 2.24. The predicted molar refractivity (Wildman–Crippen MR) is 143 cm³/mol. The molecule has 4 rings (SSSR count). The van der Waals surface area contributed by atoms with Crippen LogP contribution in [0.2, 0.25) is 0 Å². The van der Waals surface area contributed by atoms with Crippen LogP contribution >= 0.6 is 34.4 Å². The van der Waals surface area contributed by atoms with Crippen molar-refractivity contribution in [3.05, 3.63) is 91.4 Å². The Bertz CT molecular complexity index is 1240. The van der Waals surface area contributed by atoms with Gasteiger partial charge >= 0.3 is 0 Å². The molecule has 0 aliphatic carbocycles.